The van der Waals surface area contributed by atoms with E-state index in [1.807, 2.05) is 30.3 Å². The Kier molecular flexibility index (Phi) is 5.16. The first-order chi connectivity index (χ1) is 11.3. The van der Waals surface area contributed by atoms with Crippen LogP contribution in [0, 0.1) is 11.8 Å². The van der Waals surface area contributed by atoms with Crippen molar-refractivity contribution in [2.45, 2.75) is 25.7 Å². The number of fused-ring (bicyclic) bond motifs is 1. The number of amides is 1. The molecule has 23 heavy (non-hydrogen) atoms. The third kappa shape index (κ3) is 4.03. The molecule has 2 aliphatic rings. The van der Waals surface area contributed by atoms with Gasteiger partial charge in [-0.2, -0.15) is 0 Å². The van der Waals surface area contributed by atoms with Gasteiger partial charge >= 0.3 is 0 Å². The van der Waals surface area contributed by atoms with Gasteiger partial charge in [0.1, 0.15) is 0 Å². The van der Waals surface area contributed by atoms with Crippen molar-refractivity contribution in [2.24, 2.45) is 16.8 Å². The average molecular weight is 314 g/mol. The molecule has 1 aliphatic carbocycles. The van der Waals surface area contributed by atoms with Crippen molar-refractivity contribution < 1.29 is 4.79 Å². The third-order valence-electron chi connectivity index (χ3n) is 4.95. The monoisotopic (exact) mass is 314 g/mol. The lowest BCUT2D eigenvalue weighted by atomic mass is 9.82. The first-order valence-electron chi connectivity index (χ1n) is 8.57. The molecule has 5 nitrogen and oxygen atoms in total. The molecule has 1 amide bonds. The second-order valence-corrected chi connectivity index (χ2v) is 6.52. The van der Waals surface area contributed by atoms with Crippen LogP contribution in [0.2, 0.25) is 0 Å². The van der Waals surface area contributed by atoms with Gasteiger partial charge in [0, 0.05) is 25.8 Å². The van der Waals surface area contributed by atoms with E-state index in [0.717, 1.165) is 36.6 Å². The minimum absolute atomic E-state index is 0.0473. The van der Waals surface area contributed by atoms with Gasteiger partial charge in [-0.3, -0.25) is 9.79 Å². The molecule has 2 atom stereocenters. The van der Waals surface area contributed by atoms with Gasteiger partial charge in [-0.15, -0.1) is 0 Å². The Morgan fingerprint density at radius 1 is 1.17 bits per heavy atom. The van der Waals surface area contributed by atoms with E-state index in [9.17, 15) is 4.79 Å². The number of para-hydroxylation sites is 1. The van der Waals surface area contributed by atoms with Crippen LogP contribution in [0.15, 0.2) is 35.3 Å². The molecule has 1 saturated heterocycles. The van der Waals surface area contributed by atoms with Crippen LogP contribution in [0.3, 0.4) is 0 Å². The fraction of sp³-hybridized carbons (Fsp3) is 0.556. The zero-order chi connectivity index (χ0) is 16.1. The maximum atomic E-state index is 12.1. The van der Waals surface area contributed by atoms with Crippen LogP contribution in [-0.2, 0) is 4.79 Å². The second kappa shape index (κ2) is 7.49. The second-order valence-electron chi connectivity index (χ2n) is 6.52. The maximum absolute atomic E-state index is 12.1. The zero-order valence-electron chi connectivity index (χ0n) is 13.8. The van der Waals surface area contributed by atoms with Crippen molar-refractivity contribution in [1.29, 1.82) is 0 Å². The average Bonchev–Trinajstić information content (AvgIpc) is 3.00. The molecule has 0 radical (unpaired) electrons. The molecule has 2 N–H and O–H groups in total. The standard InChI is InChI=1S/C18H26N4O/c1-19-18(22-12-14-7-5-6-8-15(14)13-22)20-11-17(23)21-16-9-3-2-4-10-16/h2-4,9-10,14-15H,5-8,11-13H2,1H3,(H,19,20)(H,21,23). The quantitative estimate of drug-likeness (QED) is 0.665. The highest BCUT2D eigenvalue weighted by molar-refractivity contribution is 5.95. The number of benzene rings is 1. The van der Waals surface area contributed by atoms with Crippen molar-refractivity contribution in [1.82, 2.24) is 10.2 Å². The Bertz CT molecular complexity index is 543. The lowest BCUT2D eigenvalue weighted by Crippen LogP contribution is -2.43. The molecule has 0 spiro atoms. The van der Waals surface area contributed by atoms with Crippen LogP contribution < -0.4 is 10.6 Å². The summed E-state index contributed by atoms with van der Waals surface area (Å²) in [5.41, 5.74) is 0.821. The summed E-state index contributed by atoms with van der Waals surface area (Å²) >= 11 is 0. The number of nitrogens with zero attached hydrogens (tertiary/aromatic N) is 2. The molecule has 1 heterocycles. The van der Waals surface area contributed by atoms with E-state index in [1.54, 1.807) is 7.05 Å². The molecule has 0 aromatic heterocycles. The summed E-state index contributed by atoms with van der Waals surface area (Å²) in [5.74, 6) is 2.41. The number of anilines is 1. The Balaban J connectivity index is 1.49. The van der Waals surface area contributed by atoms with E-state index in [4.69, 9.17) is 0 Å². The van der Waals surface area contributed by atoms with Crippen LogP contribution in [0.5, 0.6) is 0 Å². The summed E-state index contributed by atoms with van der Waals surface area (Å²) in [5, 5.41) is 6.09. The summed E-state index contributed by atoms with van der Waals surface area (Å²) < 4.78 is 0. The zero-order valence-corrected chi connectivity index (χ0v) is 13.8. The summed E-state index contributed by atoms with van der Waals surface area (Å²) in [4.78, 5) is 18.7. The van der Waals surface area contributed by atoms with Crippen LogP contribution in [-0.4, -0.2) is 43.4 Å². The summed E-state index contributed by atoms with van der Waals surface area (Å²) in [6, 6.07) is 9.53. The summed E-state index contributed by atoms with van der Waals surface area (Å²) in [7, 11) is 1.79. The smallest absolute Gasteiger partial charge is 0.243 e. The van der Waals surface area contributed by atoms with Crippen LogP contribution in [0.4, 0.5) is 5.69 Å². The molecule has 3 rings (SSSR count). The Labute approximate surface area is 138 Å². The number of carbonyl (C=O) groups excluding carboxylic acids is 1. The van der Waals surface area contributed by atoms with E-state index in [-0.39, 0.29) is 12.5 Å². The van der Waals surface area contributed by atoms with E-state index in [0.29, 0.717) is 0 Å². The maximum Gasteiger partial charge on any atom is 0.243 e. The molecule has 1 aromatic rings. The SMILES string of the molecule is CN=C(NCC(=O)Nc1ccccc1)N1CC2CCCCC2C1. The number of rotatable bonds is 3. The number of guanidine groups is 1. The van der Waals surface area contributed by atoms with E-state index in [2.05, 4.69) is 20.5 Å². The van der Waals surface area contributed by atoms with E-state index >= 15 is 0 Å². The van der Waals surface area contributed by atoms with Gasteiger partial charge in [-0.05, 0) is 36.8 Å². The fourth-order valence-corrected chi connectivity index (χ4v) is 3.80. The number of hydrogen-bond acceptors (Lipinski definition) is 2. The Morgan fingerprint density at radius 3 is 2.43 bits per heavy atom. The number of carbonyl (C=O) groups is 1. The van der Waals surface area contributed by atoms with Crippen LogP contribution in [0.1, 0.15) is 25.7 Å². The Morgan fingerprint density at radius 2 is 1.83 bits per heavy atom. The first-order valence-corrected chi connectivity index (χ1v) is 8.57. The molecule has 124 valence electrons. The Hall–Kier alpha value is -2.04. The van der Waals surface area contributed by atoms with Gasteiger partial charge in [-0.25, -0.2) is 0 Å². The highest BCUT2D eigenvalue weighted by atomic mass is 16.1. The molecule has 5 heteroatoms. The van der Waals surface area contributed by atoms with E-state index < -0.39 is 0 Å². The van der Waals surface area contributed by atoms with E-state index in [1.165, 1.54) is 25.7 Å². The van der Waals surface area contributed by atoms with Crippen LogP contribution >= 0.6 is 0 Å². The summed E-state index contributed by atoms with van der Waals surface area (Å²) in [6.45, 7) is 2.39. The van der Waals surface area contributed by atoms with Gasteiger partial charge in [-0.1, -0.05) is 31.0 Å². The predicted molar refractivity (Wildman–Crippen MR) is 93.5 cm³/mol. The first kappa shape index (κ1) is 15.8. The van der Waals surface area contributed by atoms with Crippen molar-refractivity contribution in [2.75, 3.05) is 32.0 Å². The fourth-order valence-electron chi connectivity index (χ4n) is 3.80. The normalized spacial score (nSPS) is 24.2. The number of nitrogens with one attached hydrogen (secondary N) is 2. The van der Waals surface area contributed by atoms with Crippen molar-refractivity contribution in [3.63, 3.8) is 0 Å². The number of aliphatic imine (C=N–C) groups is 1. The van der Waals surface area contributed by atoms with Crippen molar-refractivity contribution in [3.8, 4) is 0 Å². The molecule has 1 aromatic carbocycles. The van der Waals surface area contributed by atoms with Gasteiger partial charge in [0.05, 0.1) is 6.54 Å². The van der Waals surface area contributed by atoms with Crippen LogP contribution in [0.25, 0.3) is 0 Å². The lowest BCUT2D eigenvalue weighted by molar-refractivity contribution is -0.115. The molecular weight excluding hydrogens is 288 g/mol. The molecule has 1 aliphatic heterocycles. The number of hydrogen-bond donors (Lipinski definition) is 2. The highest BCUT2D eigenvalue weighted by Gasteiger charge is 2.35. The van der Waals surface area contributed by atoms with Gasteiger partial charge in [0.25, 0.3) is 0 Å². The van der Waals surface area contributed by atoms with Crippen molar-refractivity contribution in [3.05, 3.63) is 30.3 Å². The molecule has 2 unspecified atom stereocenters. The molecule has 1 saturated carbocycles. The minimum Gasteiger partial charge on any atom is -0.347 e. The topological polar surface area (TPSA) is 56.7 Å². The van der Waals surface area contributed by atoms with Gasteiger partial charge in [0.2, 0.25) is 5.91 Å². The molecule has 2 fully saturated rings. The number of likely N-dealkylation sites (tertiary alicyclic amines) is 1. The minimum atomic E-state index is -0.0473. The molecule has 0 bridgehead atoms. The largest absolute Gasteiger partial charge is 0.347 e. The van der Waals surface area contributed by atoms with Gasteiger partial charge in [0.15, 0.2) is 5.96 Å². The third-order valence-corrected chi connectivity index (χ3v) is 4.95. The predicted octanol–water partition coefficient (Wildman–Crippen LogP) is 2.32. The summed E-state index contributed by atoms with van der Waals surface area (Å²) in [6.07, 6.45) is 5.40. The molecular formula is C18H26N4O. The van der Waals surface area contributed by atoms with Crippen molar-refractivity contribution >= 4 is 17.6 Å². The highest BCUT2D eigenvalue weighted by Crippen LogP contribution is 2.35. The lowest BCUT2D eigenvalue weighted by Gasteiger charge is -2.22. The van der Waals surface area contributed by atoms with Gasteiger partial charge < -0.3 is 15.5 Å².